The van der Waals surface area contributed by atoms with Crippen molar-refractivity contribution in [1.29, 1.82) is 0 Å². The molecule has 0 atom stereocenters. The second kappa shape index (κ2) is 6.88. The zero-order chi connectivity index (χ0) is 14.5. The summed E-state index contributed by atoms with van der Waals surface area (Å²) in [6.45, 7) is 5.12. The number of anilines is 1. The van der Waals surface area contributed by atoms with Crippen LogP contribution in [-0.4, -0.2) is 48.9 Å². The molecule has 3 rings (SSSR count). The van der Waals surface area contributed by atoms with Crippen LogP contribution in [0.5, 0.6) is 0 Å². The molecule has 1 aromatic rings. The van der Waals surface area contributed by atoms with Crippen molar-refractivity contribution in [3.63, 3.8) is 0 Å². The molecule has 1 saturated carbocycles. The van der Waals surface area contributed by atoms with Gasteiger partial charge in [0.05, 0.1) is 0 Å². The van der Waals surface area contributed by atoms with Crippen molar-refractivity contribution in [1.82, 2.24) is 9.88 Å². The fourth-order valence-electron chi connectivity index (χ4n) is 3.66. The zero-order valence-electron chi connectivity index (χ0n) is 12.7. The molecule has 5 heteroatoms. The summed E-state index contributed by atoms with van der Waals surface area (Å²) in [4.78, 5) is 21.0. The molecule has 1 aliphatic carbocycles. The SMILES string of the molecule is O=CC1(CN2CCN(c3nccs3)CC2)CCCCCC1. The van der Waals surface area contributed by atoms with Gasteiger partial charge in [-0.25, -0.2) is 4.98 Å². The van der Waals surface area contributed by atoms with Crippen LogP contribution in [-0.2, 0) is 4.79 Å². The highest BCUT2D eigenvalue weighted by Gasteiger charge is 2.33. The Balaban J connectivity index is 1.55. The van der Waals surface area contributed by atoms with Gasteiger partial charge in [-0.15, -0.1) is 11.3 Å². The molecule has 0 amide bonds. The molecule has 2 fully saturated rings. The third-order valence-corrected chi connectivity index (χ3v) is 5.78. The Morgan fingerprint density at radius 2 is 1.86 bits per heavy atom. The Kier molecular flexibility index (Phi) is 4.91. The molecule has 4 nitrogen and oxygen atoms in total. The van der Waals surface area contributed by atoms with Gasteiger partial charge < -0.3 is 9.69 Å². The van der Waals surface area contributed by atoms with Crippen molar-refractivity contribution in [2.24, 2.45) is 5.41 Å². The van der Waals surface area contributed by atoms with Gasteiger partial charge in [-0.1, -0.05) is 25.7 Å². The van der Waals surface area contributed by atoms with E-state index in [2.05, 4.69) is 14.8 Å². The van der Waals surface area contributed by atoms with Gasteiger partial charge in [0, 0.05) is 49.7 Å². The number of nitrogens with zero attached hydrogens (tertiary/aromatic N) is 3. The molecule has 0 spiro atoms. The molecule has 1 aromatic heterocycles. The molecular formula is C16H25N3OS. The molecule has 2 heterocycles. The number of carbonyl (C=O) groups is 1. The largest absolute Gasteiger partial charge is 0.346 e. The van der Waals surface area contributed by atoms with E-state index in [-0.39, 0.29) is 5.41 Å². The van der Waals surface area contributed by atoms with Crippen molar-refractivity contribution in [3.05, 3.63) is 11.6 Å². The first-order valence-corrected chi connectivity index (χ1v) is 9.02. The second-order valence-electron chi connectivity index (χ2n) is 6.47. The summed E-state index contributed by atoms with van der Waals surface area (Å²) in [6.07, 6.45) is 10.4. The summed E-state index contributed by atoms with van der Waals surface area (Å²) >= 11 is 1.71. The molecule has 0 bridgehead atoms. The minimum absolute atomic E-state index is 0.0696. The van der Waals surface area contributed by atoms with E-state index in [0.29, 0.717) is 0 Å². The van der Waals surface area contributed by atoms with Gasteiger partial charge in [-0.2, -0.15) is 0 Å². The molecule has 2 aliphatic rings. The van der Waals surface area contributed by atoms with E-state index in [1.807, 2.05) is 11.6 Å². The van der Waals surface area contributed by atoms with Crippen molar-refractivity contribution in [2.75, 3.05) is 37.6 Å². The van der Waals surface area contributed by atoms with Crippen LogP contribution in [0, 0.1) is 5.41 Å². The van der Waals surface area contributed by atoms with Gasteiger partial charge in [0.15, 0.2) is 5.13 Å². The van der Waals surface area contributed by atoms with E-state index in [1.165, 1.54) is 32.0 Å². The minimum atomic E-state index is -0.0696. The summed E-state index contributed by atoms with van der Waals surface area (Å²) in [7, 11) is 0. The maximum atomic E-state index is 11.7. The summed E-state index contributed by atoms with van der Waals surface area (Å²) in [5.74, 6) is 0. The lowest BCUT2D eigenvalue weighted by molar-refractivity contribution is -0.118. The summed E-state index contributed by atoms with van der Waals surface area (Å²) in [5.41, 5.74) is -0.0696. The maximum absolute atomic E-state index is 11.7. The van der Waals surface area contributed by atoms with Crippen LogP contribution in [0.1, 0.15) is 38.5 Å². The lowest BCUT2D eigenvalue weighted by Gasteiger charge is -2.39. The number of thiazole rings is 1. The number of carbonyl (C=O) groups excluding carboxylic acids is 1. The molecule has 21 heavy (non-hydrogen) atoms. The molecular weight excluding hydrogens is 282 g/mol. The molecule has 1 aliphatic heterocycles. The van der Waals surface area contributed by atoms with E-state index in [1.54, 1.807) is 11.3 Å². The van der Waals surface area contributed by atoms with Crippen LogP contribution < -0.4 is 4.90 Å². The van der Waals surface area contributed by atoms with Crippen molar-refractivity contribution < 1.29 is 4.79 Å². The predicted molar refractivity (Wildman–Crippen MR) is 87.0 cm³/mol. The average molecular weight is 307 g/mol. The highest BCUT2D eigenvalue weighted by Crippen LogP contribution is 2.34. The number of piperazine rings is 1. The number of aromatic nitrogens is 1. The number of hydrogen-bond acceptors (Lipinski definition) is 5. The molecule has 116 valence electrons. The van der Waals surface area contributed by atoms with E-state index in [9.17, 15) is 4.79 Å². The van der Waals surface area contributed by atoms with Gasteiger partial charge in [-0.05, 0) is 12.8 Å². The number of aldehydes is 1. The first kappa shape index (κ1) is 15.0. The molecule has 0 aromatic carbocycles. The Labute approximate surface area is 131 Å². The normalized spacial score (nSPS) is 23.7. The third kappa shape index (κ3) is 3.64. The lowest BCUT2D eigenvalue weighted by Crippen LogP contribution is -2.50. The van der Waals surface area contributed by atoms with Gasteiger partial charge in [0.25, 0.3) is 0 Å². The van der Waals surface area contributed by atoms with Gasteiger partial charge in [0.2, 0.25) is 0 Å². The predicted octanol–water partition coefficient (Wildman–Crippen LogP) is 2.80. The summed E-state index contributed by atoms with van der Waals surface area (Å²) in [6, 6.07) is 0. The van der Waals surface area contributed by atoms with Crippen LogP contribution in [0.25, 0.3) is 0 Å². The Morgan fingerprint density at radius 3 is 2.43 bits per heavy atom. The second-order valence-corrected chi connectivity index (χ2v) is 7.35. The number of rotatable bonds is 4. The summed E-state index contributed by atoms with van der Waals surface area (Å²) < 4.78 is 0. The first-order chi connectivity index (χ1) is 10.3. The quantitative estimate of drug-likeness (QED) is 0.633. The van der Waals surface area contributed by atoms with Crippen molar-refractivity contribution in [3.8, 4) is 0 Å². The fraction of sp³-hybridized carbons (Fsp3) is 0.750. The van der Waals surface area contributed by atoms with Gasteiger partial charge >= 0.3 is 0 Å². The van der Waals surface area contributed by atoms with E-state index < -0.39 is 0 Å². The maximum Gasteiger partial charge on any atom is 0.185 e. The molecule has 0 N–H and O–H groups in total. The van der Waals surface area contributed by atoms with Crippen LogP contribution in [0.3, 0.4) is 0 Å². The van der Waals surface area contributed by atoms with E-state index in [4.69, 9.17) is 0 Å². The van der Waals surface area contributed by atoms with Crippen molar-refractivity contribution in [2.45, 2.75) is 38.5 Å². The van der Waals surface area contributed by atoms with Crippen LogP contribution in [0.15, 0.2) is 11.6 Å². The van der Waals surface area contributed by atoms with Crippen LogP contribution >= 0.6 is 11.3 Å². The van der Waals surface area contributed by atoms with Gasteiger partial charge in [0.1, 0.15) is 6.29 Å². The minimum Gasteiger partial charge on any atom is -0.346 e. The topological polar surface area (TPSA) is 36.4 Å². The highest BCUT2D eigenvalue weighted by atomic mass is 32.1. The smallest absolute Gasteiger partial charge is 0.185 e. The molecule has 1 saturated heterocycles. The number of hydrogen-bond donors (Lipinski definition) is 0. The van der Waals surface area contributed by atoms with Gasteiger partial charge in [-0.3, -0.25) is 4.90 Å². The fourth-order valence-corrected chi connectivity index (χ4v) is 4.36. The lowest BCUT2D eigenvalue weighted by atomic mass is 9.81. The molecule has 0 unspecified atom stereocenters. The summed E-state index contributed by atoms with van der Waals surface area (Å²) in [5, 5.41) is 3.17. The zero-order valence-corrected chi connectivity index (χ0v) is 13.5. The molecule has 0 radical (unpaired) electrons. The van der Waals surface area contributed by atoms with Crippen LogP contribution in [0.4, 0.5) is 5.13 Å². The highest BCUT2D eigenvalue weighted by molar-refractivity contribution is 7.13. The first-order valence-electron chi connectivity index (χ1n) is 8.14. The monoisotopic (exact) mass is 307 g/mol. The van der Waals surface area contributed by atoms with Crippen molar-refractivity contribution >= 4 is 22.8 Å². The Bertz CT molecular complexity index is 432. The van der Waals surface area contributed by atoms with Crippen LogP contribution in [0.2, 0.25) is 0 Å². The Morgan fingerprint density at radius 1 is 1.14 bits per heavy atom. The standard InChI is InChI=1S/C16H25N3OS/c20-14-16(5-3-1-2-4-6-16)13-18-8-10-19(11-9-18)15-17-7-12-21-15/h7,12,14H,1-6,8-11,13H2. The van der Waals surface area contributed by atoms with E-state index in [0.717, 1.165) is 50.7 Å². The third-order valence-electron chi connectivity index (χ3n) is 4.95. The Hall–Kier alpha value is -0.940. The van der Waals surface area contributed by atoms with E-state index >= 15 is 0 Å². The average Bonchev–Trinajstić information content (AvgIpc) is 2.96.